The molecule has 2 aromatic carbocycles. The number of rotatable bonds is 5. The van der Waals surface area contributed by atoms with Crippen LogP contribution in [0.4, 0.5) is 0 Å². The maximum atomic E-state index is 11.8. The van der Waals surface area contributed by atoms with Crippen LogP contribution in [0.1, 0.15) is 37.3 Å². The minimum Gasteiger partial charge on any atom is -0.379 e. The normalized spacial score (nSPS) is 19.5. The lowest BCUT2D eigenvalue weighted by Gasteiger charge is -2.40. The molecule has 1 aliphatic rings. The smallest absolute Gasteiger partial charge is 0.130 e. The highest BCUT2D eigenvalue weighted by Gasteiger charge is 2.44. The molecule has 1 N–H and O–H groups in total. The van der Waals surface area contributed by atoms with Crippen LogP contribution in [0.5, 0.6) is 0 Å². The van der Waals surface area contributed by atoms with E-state index in [9.17, 15) is 5.11 Å². The summed E-state index contributed by atoms with van der Waals surface area (Å²) < 4.78 is 0. The maximum absolute atomic E-state index is 11.8. The fourth-order valence-electron chi connectivity index (χ4n) is 3.79. The average molecular weight is 295 g/mol. The molecule has 1 aliphatic heterocycles. The minimum absolute atomic E-state index is 0.150. The Morgan fingerprint density at radius 1 is 1.00 bits per heavy atom. The molecule has 116 valence electrons. The van der Waals surface area contributed by atoms with Crippen molar-refractivity contribution in [1.29, 1.82) is 0 Å². The van der Waals surface area contributed by atoms with E-state index in [2.05, 4.69) is 36.1 Å². The third-order valence-electron chi connectivity index (χ3n) is 4.78. The Morgan fingerprint density at radius 3 is 2.05 bits per heavy atom. The summed E-state index contributed by atoms with van der Waals surface area (Å²) in [5, 5.41) is 11.8. The molecule has 2 heteroatoms. The molecule has 0 amide bonds. The molecule has 1 fully saturated rings. The molecule has 1 heterocycles. The van der Waals surface area contributed by atoms with Gasteiger partial charge in [-0.05, 0) is 43.5 Å². The quantitative estimate of drug-likeness (QED) is 0.907. The maximum Gasteiger partial charge on any atom is 0.130 e. The van der Waals surface area contributed by atoms with Crippen LogP contribution in [0.15, 0.2) is 60.7 Å². The summed E-state index contributed by atoms with van der Waals surface area (Å²) in [7, 11) is 0. The molecule has 0 bridgehead atoms. The first-order valence-corrected chi connectivity index (χ1v) is 8.34. The summed E-state index contributed by atoms with van der Waals surface area (Å²) in [6.07, 6.45) is 3.32. The van der Waals surface area contributed by atoms with E-state index in [0.717, 1.165) is 43.5 Å². The third kappa shape index (κ3) is 2.69. The Kier molecular flexibility index (Phi) is 4.60. The van der Waals surface area contributed by atoms with Crippen molar-refractivity contribution < 1.29 is 5.11 Å². The van der Waals surface area contributed by atoms with Crippen molar-refractivity contribution >= 4 is 0 Å². The van der Waals surface area contributed by atoms with Crippen LogP contribution in [0.25, 0.3) is 0 Å². The lowest BCUT2D eigenvalue weighted by molar-refractivity contribution is -0.00371. The van der Waals surface area contributed by atoms with Gasteiger partial charge in [0.15, 0.2) is 0 Å². The van der Waals surface area contributed by atoms with Crippen LogP contribution in [0.3, 0.4) is 0 Å². The first-order chi connectivity index (χ1) is 10.8. The van der Waals surface area contributed by atoms with E-state index in [4.69, 9.17) is 0 Å². The molecule has 0 aromatic heterocycles. The minimum atomic E-state index is -0.936. The molecule has 22 heavy (non-hydrogen) atoms. The van der Waals surface area contributed by atoms with Gasteiger partial charge in [-0.1, -0.05) is 67.6 Å². The highest BCUT2D eigenvalue weighted by molar-refractivity contribution is 5.38. The van der Waals surface area contributed by atoms with E-state index in [-0.39, 0.29) is 6.04 Å². The molecule has 2 aromatic rings. The number of hydrogen-bond acceptors (Lipinski definition) is 2. The van der Waals surface area contributed by atoms with Crippen molar-refractivity contribution in [1.82, 2.24) is 4.90 Å². The first-order valence-electron chi connectivity index (χ1n) is 8.34. The molecule has 2 nitrogen and oxygen atoms in total. The SMILES string of the molecule is CCCN1CCCC1C(O)(c1ccccc1)c1ccccc1. The van der Waals surface area contributed by atoms with Crippen LogP contribution >= 0.6 is 0 Å². The zero-order valence-corrected chi connectivity index (χ0v) is 13.3. The number of hydrogen-bond donors (Lipinski definition) is 1. The predicted molar refractivity (Wildman–Crippen MR) is 90.8 cm³/mol. The molecule has 0 radical (unpaired) electrons. The van der Waals surface area contributed by atoms with Gasteiger partial charge < -0.3 is 5.11 Å². The van der Waals surface area contributed by atoms with Crippen molar-refractivity contribution in [3.63, 3.8) is 0 Å². The van der Waals surface area contributed by atoms with Crippen molar-refractivity contribution in [3.8, 4) is 0 Å². The molecule has 0 saturated carbocycles. The second kappa shape index (κ2) is 6.64. The Morgan fingerprint density at radius 2 is 1.55 bits per heavy atom. The van der Waals surface area contributed by atoms with Crippen molar-refractivity contribution in [2.24, 2.45) is 0 Å². The number of likely N-dealkylation sites (tertiary alicyclic amines) is 1. The van der Waals surface area contributed by atoms with Crippen LogP contribution in [-0.2, 0) is 5.60 Å². The fraction of sp³-hybridized carbons (Fsp3) is 0.400. The van der Waals surface area contributed by atoms with Gasteiger partial charge in [0, 0.05) is 6.04 Å². The first kappa shape index (κ1) is 15.3. The largest absolute Gasteiger partial charge is 0.379 e. The van der Waals surface area contributed by atoms with Gasteiger partial charge in [-0.25, -0.2) is 0 Å². The Balaban J connectivity index is 2.07. The molecule has 0 aliphatic carbocycles. The Bertz CT molecular complexity index is 542. The molecule has 1 saturated heterocycles. The standard InChI is InChI=1S/C20H25NO/c1-2-15-21-16-9-14-19(21)20(22,17-10-5-3-6-11-17)18-12-7-4-8-13-18/h3-8,10-13,19,22H,2,9,14-16H2,1H3. The van der Waals surface area contributed by atoms with Gasteiger partial charge in [0.05, 0.1) is 0 Å². The van der Waals surface area contributed by atoms with Gasteiger partial charge in [-0.15, -0.1) is 0 Å². The number of benzene rings is 2. The predicted octanol–water partition coefficient (Wildman–Crippen LogP) is 3.80. The monoisotopic (exact) mass is 295 g/mol. The van der Waals surface area contributed by atoms with E-state index in [1.54, 1.807) is 0 Å². The van der Waals surface area contributed by atoms with E-state index < -0.39 is 5.60 Å². The zero-order valence-electron chi connectivity index (χ0n) is 13.3. The van der Waals surface area contributed by atoms with Crippen LogP contribution < -0.4 is 0 Å². The Hall–Kier alpha value is -1.64. The third-order valence-corrected chi connectivity index (χ3v) is 4.78. The molecule has 3 rings (SSSR count). The van der Waals surface area contributed by atoms with Crippen LogP contribution in [0, 0.1) is 0 Å². The van der Waals surface area contributed by atoms with Gasteiger partial charge in [0.2, 0.25) is 0 Å². The van der Waals surface area contributed by atoms with E-state index in [0.29, 0.717) is 0 Å². The van der Waals surface area contributed by atoms with E-state index in [1.165, 1.54) is 0 Å². The van der Waals surface area contributed by atoms with Crippen molar-refractivity contribution in [2.45, 2.75) is 37.8 Å². The number of nitrogens with zero attached hydrogens (tertiary/aromatic N) is 1. The molecular formula is C20H25NO. The summed E-state index contributed by atoms with van der Waals surface area (Å²) >= 11 is 0. The molecule has 0 spiro atoms. The van der Waals surface area contributed by atoms with Gasteiger partial charge in [0.1, 0.15) is 5.60 Å². The average Bonchev–Trinajstić information content (AvgIpc) is 3.05. The topological polar surface area (TPSA) is 23.5 Å². The summed E-state index contributed by atoms with van der Waals surface area (Å²) in [4.78, 5) is 2.46. The summed E-state index contributed by atoms with van der Waals surface area (Å²) in [5.74, 6) is 0. The highest BCUT2D eigenvalue weighted by Crippen LogP contribution is 2.40. The van der Waals surface area contributed by atoms with Gasteiger partial charge in [0.25, 0.3) is 0 Å². The second-order valence-electron chi connectivity index (χ2n) is 6.19. The molecule has 1 unspecified atom stereocenters. The molecular weight excluding hydrogens is 270 g/mol. The number of aliphatic hydroxyl groups is 1. The van der Waals surface area contributed by atoms with E-state index >= 15 is 0 Å². The van der Waals surface area contributed by atoms with Crippen molar-refractivity contribution in [2.75, 3.05) is 13.1 Å². The highest BCUT2D eigenvalue weighted by atomic mass is 16.3. The van der Waals surface area contributed by atoms with Gasteiger partial charge >= 0.3 is 0 Å². The van der Waals surface area contributed by atoms with Gasteiger partial charge in [-0.3, -0.25) is 4.90 Å². The molecule has 1 atom stereocenters. The van der Waals surface area contributed by atoms with E-state index in [1.807, 2.05) is 36.4 Å². The summed E-state index contributed by atoms with van der Waals surface area (Å²) in [6, 6.07) is 20.4. The van der Waals surface area contributed by atoms with Crippen molar-refractivity contribution in [3.05, 3.63) is 71.8 Å². The lowest BCUT2D eigenvalue weighted by atomic mass is 9.79. The van der Waals surface area contributed by atoms with Gasteiger partial charge in [-0.2, -0.15) is 0 Å². The van der Waals surface area contributed by atoms with Crippen LogP contribution in [-0.4, -0.2) is 29.1 Å². The summed E-state index contributed by atoms with van der Waals surface area (Å²) in [5.41, 5.74) is 1.05. The zero-order chi connectivity index (χ0) is 15.4. The lowest BCUT2D eigenvalue weighted by Crippen LogP contribution is -2.48. The summed E-state index contributed by atoms with van der Waals surface area (Å²) in [6.45, 7) is 4.34. The fourth-order valence-corrected chi connectivity index (χ4v) is 3.79. The second-order valence-corrected chi connectivity index (χ2v) is 6.19. The van der Waals surface area contributed by atoms with Crippen LogP contribution in [0.2, 0.25) is 0 Å². The Labute approximate surface area is 133 Å².